The van der Waals surface area contributed by atoms with E-state index in [1.807, 2.05) is 0 Å². The molecule has 0 radical (unpaired) electrons. The zero-order valence-electron chi connectivity index (χ0n) is 11.2. The molecule has 0 saturated heterocycles. The van der Waals surface area contributed by atoms with Crippen molar-refractivity contribution in [3.05, 3.63) is 12.2 Å². The number of rotatable bonds is 5. The van der Waals surface area contributed by atoms with Gasteiger partial charge in [0.25, 0.3) is 11.8 Å². The minimum absolute atomic E-state index is 0.0246. The van der Waals surface area contributed by atoms with E-state index in [0.29, 0.717) is 6.54 Å². The molecule has 5 heteroatoms. The van der Waals surface area contributed by atoms with Crippen molar-refractivity contribution in [3.63, 3.8) is 0 Å². The predicted octanol–water partition coefficient (Wildman–Crippen LogP) is 0.996. The minimum Gasteiger partial charge on any atom is -0.356 e. The fourth-order valence-corrected chi connectivity index (χ4v) is 2.81. The lowest BCUT2D eigenvalue weighted by Crippen LogP contribution is -2.47. The van der Waals surface area contributed by atoms with Gasteiger partial charge in [-0.25, -0.2) is 0 Å². The molecule has 5 nitrogen and oxygen atoms in total. The molecule has 3 amide bonds. The highest BCUT2D eigenvalue weighted by atomic mass is 16.2. The van der Waals surface area contributed by atoms with E-state index in [-0.39, 0.29) is 29.7 Å². The largest absolute Gasteiger partial charge is 0.356 e. The molecule has 1 N–H and O–H groups in total. The summed E-state index contributed by atoms with van der Waals surface area (Å²) in [6.07, 6.45) is 6.91. The van der Waals surface area contributed by atoms with E-state index >= 15 is 0 Å². The lowest BCUT2D eigenvalue weighted by Gasteiger charge is -2.27. The fraction of sp³-hybridized carbons (Fsp3) is 0.643. The molecular formula is C14H20N2O3. The monoisotopic (exact) mass is 264 g/mol. The Kier molecular flexibility index (Phi) is 4.35. The molecule has 0 aromatic carbocycles. The summed E-state index contributed by atoms with van der Waals surface area (Å²) >= 11 is 0. The van der Waals surface area contributed by atoms with Gasteiger partial charge < -0.3 is 5.32 Å². The zero-order valence-corrected chi connectivity index (χ0v) is 11.2. The van der Waals surface area contributed by atoms with Crippen LogP contribution in [0, 0.1) is 5.92 Å². The van der Waals surface area contributed by atoms with Gasteiger partial charge >= 0.3 is 0 Å². The Bertz CT molecular complexity index is 399. The Labute approximate surface area is 113 Å². The van der Waals surface area contributed by atoms with Gasteiger partial charge in [-0.15, -0.1) is 0 Å². The van der Waals surface area contributed by atoms with Crippen LogP contribution < -0.4 is 5.32 Å². The number of nitrogens with one attached hydrogen (secondary N) is 1. The maximum atomic E-state index is 12.1. The summed E-state index contributed by atoms with van der Waals surface area (Å²) in [5.74, 6) is -0.848. The Morgan fingerprint density at radius 3 is 2.63 bits per heavy atom. The molecule has 104 valence electrons. The molecule has 1 aliphatic carbocycles. The first-order valence-electron chi connectivity index (χ1n) is 6.98. The van der Waals surface area contributed by atoms with Crippen molar-refractivity contribution >= 4 is 17.7 Å². The van der Waals surface area contributed by atoms with Gasteiger partial charge in [0.05, 0.1) is 12.0 Å². The summed E-state index contributed by atoms with van der Waals surface area (Å²) in [5.41, 5.74) is 0. The molecule has 2 rings (SSSR count). The van der Waals surface area contributed by atoms with Crippen LogP contribution in [0.25, 0.3) is 0 Å². The third-order valence-electron chi connectivity index (χ3n) is 3.82. The Morgan fingerprint density at radius 2 is 2.00 bits per heavy atom. The number of carbonyl (C=O) groups is 3. The van der Waals surface area contributed by atoms with E-state index in [0.717, 1.165) is 32.1 Å². The second-order valence-corrected chi connectivity index (χ2v) is 5.13. The Morgan fingerprint density at radius 1 is 1.32 bits per heavy atom. The molecule has 0 bridgehead atoms. The first-order valence-corrected chi connectivity index (χ1v) is 6.98. The van der Waals surface area contributed by atoms with Crippen LogP contribution in [0.2, 0.25) is 0 Å². The summed E-state index contributed by atoms with van der Waals surface area (Å²) < 4.78 is 0. The molecule has 2 aliphatic rings. The highest BCUT2D eigenvalue weighted by Gasteiger charge is 2.42. The summed E-state index contributed by atoms with van der Waals surface area (Å²) in [5, 5.41) is 2.90. The molecular weight excluding hydrogens is 244 g/mol. The highest BCUT2D eigenvalue weighted by molar-refractivity contribution is 6.13. The van der Waals surface area contributed by atoms with Crippen molar-refractivity contribution in [2.24, 2.45) is 5.92 Å². The fourth-order valence-electron chi connectivity index (χ4n) is 2.81. The van der Waals surface area contributed by atoms with Gasteiger partial charge in [-0.1, -0.05) is 19.8 Å². The number of unbranched alkanes of at least 4 members (excludes halogenated alkanes) is 1. The van der Waals surface area contributed by atoms with Gasteiger partial charge in [0.15, 0.2) is 0 Å². The molecule has 2 atom stereocenters. The van der Waals surface area contributed by atoms with Crippen molar-refractivity contribution < 1.29 is 14.4 Å². The van der Waals surface area contributed by atoms with Crippen LogP contribution >= 0.6 is 0 Å². The van der Waals surface area contributed by atoms with Crippen LogP contribution in [0.5, 0.6) is 0 Å². The zero-order chi connectivity index (χ0) is 13.8. The van der Waals surface area contributed by atoms with Crippen molar-refractivity contribution in [2.45, 2.75) is 45.1 Å². The maximum absolute atomic E-state index is 12.1. The van der Waals surface area contributed by atoms with Crippen molar-refractivity contribution in [2.75, 3.05) is 6.54 Å². The van der Waals surface area contributed by atoms with Crippen molar-refractivity contribution in [1.82, 2.24) is 10.2 Å². The number of carbonyl (C=O) groups excluding carboxylic acids is 3. The second-order valence-electron chi connectivity index (χ2n) is 5.13. The van der Waals surface area contributed by atoms with Gasteiger partial charge in [-0.2, -0.15) is 0 Å². The van der Waals surface area contributed by atoms with Crippen LogP contribution in [0.4, 0.5) is 0 Å². The SMILES string of the molecule is CCCCNC(=O)[C@H]1CCC[C@@H]1N1C(=O)C=CC1=O. The molecule has 0 spiro atoms. The van der Waals surface area contributed by atoms with E-state index in [1.54, 1.807) is 0 Å². The minimum atomic E-state index is -0.289. The average molecular weight is 264 g/mol. The summed E-state index contributed by atoms with van der Waals surface area (Å²) in [7, 11) is 0. The number of amides is 3. The lowest BCUT2D eigenvalue weighted by atomic mass is 10.0. The third kappa shape index (κ3) is 2.85. The average Bonchev–Trinajstić information content (AvgIpc) is 2.96. The first kappa shape index (κ1) is 13.8. The smallest absolute Gasteiger partial charge is 0.253 e. The molecule has 1 saturated carbocycles. The van der Waals surface area contributed by atoms with E-state index in [9.17, 15) is 14.4 Å². The quantitative estimate of drug-likeness (QED) is 0.595. The highest BCUT2D eigenvalue weighted by Crippen LogP contribution is 2.31. The van der Waals surface area contributed by atoms with Crippen LogP contribution in [0.15, 0.2) is 12.2 Å². The molecule has 0 unspecified atom stereocenters. The molecule has 0 aromatic rings. The topological polar surface area (TPSA) is 66.5 Å². The Hall–Kier alpha value is -1.65. The normalized spacial score (nSPS) is 26.3. The van der Waals surface area contributed by atoms with E-state index < -0.39 is 0 Å². The van der Waals surface area contributed by atoms with E-state index in [1.165, 1.54) is 17.1 Å². The van der Waals surface area contributed by atoms with Gasteiger partial charge in [0, 0.05) is 18.7 Å². The first-order chi connectivity index (χ1) is 9.15. The number of imide groups is 1. The van der Waals surface area contributed by atoms with E-state index in [2.05, 4.69) is 12.2 Å². The number of nitrogens with zero attached hydrogens (tertiary/aromatic N) is 1. The van der Waals surface area contributed by atoms with Crippen LogP contribution in [0.1, 0.15) is 39.0 Å². The Balaban J connectivity index is 1.99. The van der Waals surface area contributed by atoms with E-state index in [4.69, 9.17) is 0 Å². The summed E-state index contributed by atoms with van der Waals surface area (Å²) in [4.78, 5) is 36.7. The molecule has 0 aromatic heterocycles. The maximum Gasteiger partial charge on any atom is 0.253 e. The summed E-state index contributed by atoms with van der Waals surface area (Å²) in [6.45, 7) is 2.73. The molecule has 1 heterocycles. The third-order valence-corrected chi connectivity index (χ3v) is 3.82. The molecule has 1 fully saturated rings. The molecule has 1 aliphatic heterocycles. The van der Waals surface area contributed by atoms with Crippen molar-refractivity contribution in [1.29, 1.82) is 0 Å². The van der Waals surface area contributed by atoms with Gasteiger partial charge in [-0.05, 0) is 19.3 Å². The number of hydrogen-bond acceptors (Lipinski definition) is 3. The second kappa shape index (κ2) is 5.99. The van der Waals surface area contributed by atoms with Crippen LogP contribution in [0.3, 0.4) is 0 Å². The van der Waals surface area contributed by atoms with Gasteiger partial charge in [0.1, 0.15) is 0 Å². The van der Waals surface area contributed by atoms with Crippen LogP contribution in [-0.2, 0) is 14.4 Å². The van der Waals surface area contributed by atoms with Gasteiger partial charge in [-0.3, -0.25) is 19.3 Å². The standard InChI is InChI=1S/C14H20N2O3/c1-2-3-9-15-14(19)10-5-4-6-11(10)16-12(17)7-8-13(16)18/h7-8,10-11H,2-6,9H2,1H3,(H,15,19)/t10-,11-/m0/s1. The number of hydrogen-bond donors (Lipinski definition) is 1. The summed E-state index contributed by atoms with van der Waals surface area (Å²) in [6, 6.07) is -0.267. The predicted molar refractivity (Wildman–Crippen MR) is 70.0 cm³/mol. The molecule has 19 heavy (non-hydrogen) atoms. The van der Waals surface area contributed by atoms with Crippen LogP contribution in [-0.4, -0.2) is 35.2 Å². The van der Waals surface area contributed by atoms with Crippen molar-refractivity contribution in [3.8, 4) is 0 Å². The lowest BCUT2D eigenvalue weighted by molar-refractivity contribution is -0.141. The van der Waals surface area contributed by atoms with Gasteiger partial charge in [0.2, 0.25) is 5.91 Å².